The van der Waals surface area contributed by atoms with E-state index in [1.54, 1.807) is 17.1 Å². The van der Waals surface area contributed by atoms with E-state index in [4.69, 9.17) is 17.0 Å². The van der Waals surface area contributed by atoms with E-state index in [1.807, 2.05) is 49.3 Å². The van der Waals surface area contributed by atoms with Gasteiger partial charge >= 0.3 is 0 Å². The zero-order chi connectivity index (χ0) is 21.0. The first-order valence-corrected chi connectivity index (χ1v) is 9.24. The number of hydrogen-bond donors (Lipinski definition) is 2. The highest BCUT2D eigenvalue weighted by molar-refractivity contribution is 7.80. The van der Waals surface area contributed by atoms with E-state index < -0.39 is 0 Å². The largest absolute Gasteiger partial charge is 0.504 e. The number of aliphatic imine (C=N–C) groups is 1. The number of ether oxygens (including phenoxy) is 1. The van der Waals surface area contributed by atoms with Crippen molar-refractivity contribution in [3.05, 3.63) is 54.1 Å². The predicted molar refractivity (Wildman–Crippen MR) is 117 cm³/mol. The molecule has 0 bridgehead atoms. The third kappa shape index (κ3) is 4.41. The molecule has 1 aliphatic rings. The highest BCUT2D eigenvalue weighted by Gasteiger charge is 2.40. The minimum atomic E-state index is -0.243. The second-order valence-electron chi connectivity index (χ2n) is 6.31. The molecule has 9 heteroatoms. The monoisotopic (exact) mass is 411 g/mol. The molecule has 1 amide bonds. The molecule has 1 fully saturated rings. The number of nitrogens with zero attached hydrogens (tertiary/aromatic N) is 4. The van der Waals surface area contributed by atoms with Crippen LogP contribution in [0.15, 0.2) is 58.6 Å². The first kappa shape index (κ1) is 20.4. The Balaban J connectivity index is 1.71. The molecule has 1 aliphatic heterocycles. The number of hydrazine groups is 1. The number of para-hydroxylation sites is 1. The number of carbonyl (C=O) groups excluding carboxylic acids is 1. The van der Waals surface area contributed by atoms with Crippen molar-refractivity contribution in [2.45, 2.75) is 13.0 Å². The van der Waals surface area contributed by atoms with Crippen molar-refractivity contribution in [3.63, 3.8) is 0 Å². The topological polar surface area (TPSA) is 89.8 Å². The van der Waals surface area contributed by atoms with Crippen molar-refractivity contribution >= 4 is 40.9 Å². The normalized spacial score (nSPS) is 18.6. The van der Waals surface area contributed by atoms with Gasteiger partial charge in [-0.05, 0) is 55.0 Å². The number of thiocarbonyl (C=S) groups is 1. The molecule has 2 aromatic rings. The van der Waals surface area contributed by atoms with E-state index >= 15 is 0 Å². The molecule has 1 atom stereocenters. The van der Waals surface area contributed by atoms with E-state index in [0.717, 1.165) is 5.69 Å². The lowest BCUT2D eigenvalue weighted by Gasteiger charge is -2.25. The molecular formula is C20H21N5O3S. The Morgan fingerprint density at radius 3 is 2.69 bits per heavy atom. The van der Waals surface area contributed by atoms with Crippen LogP contribution < -0.4 is 15.2 Å². The van der Waals surface area contributed by atoms with Crippen molar-refractivity contribution < 1.29 is 14.6 Å². The quantitative estimate of drug-likeness (QED) is 0.456. The smallest absolute Gasteiger partial charge is 0.289 e. The van der Waals surface area contributed by atoms with Gasteiger partial charge in [-0.1, -0.05) is 18.2 Å². The molecule has 3 rings (SSSR count). The summed E-state index contributed by atoms with van der Waals surface area (Å²) in [5.41, 5.74) is 4.43. The second kappa shape index (κ2) is 8.80. The number of aromatic hydroxyl groups is 1. The van der Waals surface area contributed by atoms with E-state index in [0.29, 0.717) is 17.0 Å². The maximum absolute atomic E-state index is 12.9. The van der Waals surface area contributed by atoms with Gasteiger partial charge in [0.25, 0.3) is 5.91 Å². The highest BCUT2D eigenvalue weighted by atomic mass is 32.1. The van der Waals surface area contributed by atoms with Gasteiger partial charge in [0, 0.05) is 7.05 Å². The maximum Gasteiger partial charge on any atom is 0.289 e. The number of hydrogen-bond acceptors (Lipinski definition) is 6. The SMILES string of the molecule is COc1cc(/C=N/NC(=S)N=C2C(=O)N(c3ccccc3)N(C)C2C)ccc1O. The Labute approximate surface area is 174 Å². The fraction of sp³-hybridized carbons (Fsp3) is 0.200. The zero-order valence-corrected chi connectivity index (χ0v) is 17.1. The van der Waals surface area contributed by atoms with Crippen molar-refractivity contribution in [3.8, 4) is 11.5 Å². The Morgan fingerprint density at radius 1 is 1.28 bits per heavy atom. The number of methoxy groups -OCH3 is 1. The fourth-order valence-corrected chi connectivity index (χ4v) is 3.01. The molecule has 0 radical (unpaired) electrons. The van der Waals surface area contributed by atoms with Gasteiger partial charge in [0.2, 0.25) is 5.11 Å². The lowest BCUT2D eigenvalue weighted by atomic mass is 10.2. The van der Waals surface area contributed by atoms with E-state index in [1.165, 1.54) is 19.4 Å². The van der Waals surface area contributed by atoms with Gasteiger partial charge in [-0.15, -0.1) is 0 Å². The van der Waals surface area contributed by atoms with E-state index in [9.17, 15) is 9.90 Å². The summed E-state index contributed by atoms with van der Waals surface area (Å²) in [5.74, 6) is 0.147. The van der Waals surface area contributed by atoms with Crippen LogP contribution in [0.1, 0.15) is 12.5 Å². The van der Waals surface area contributed by atoms with Gasteiger partial charge in [0.05, 0.1) is 25.1 Å². The van der Waals surface area contributed by atoms with Crippen molar-refractivity contribution in [1.29, 1.82) is 0 Å². The molecule has 2 aromatic carbocycles. The zero-order valence-electron chi connectivity index (χ0n) is 16.2. The molecule has 0 saturated carbocycles. The number of phenols is 1. The molecule has 0 spiro atoms. The van der Waals surface area contributed by atoms with Crippen LogP contribution in [0.4, 0.5) is 5.69 Å². The number of carbonyl (C=O) groups is 1. The van der Waals surface area contributed by atoms with Crippen molar-refractivity contribution in [2.75, 3.05) is 19.2 Å². The number of amides is 1. The summed E-state index contributed by atoms with van der Waals surface area (Å²) in [5, 5.41) is 17.1. The van der Waals surface area contributed by atoms with Crippen LogP contribution >= 0.6 is 12.2 Å². The Morgan fingerprint density at radius 2 is 2.00 bits per heavy atom. The van der Waals surface area contributed by atoms with Crippen LogP contribution in [0.3, 0.4) is 0 Å². The van der Waals surface area contributed by atoms with Gasteiger partial charge in [-0.3, -0.25) is 10.2 Å². The van der Waals surface area contributed by atoms with Gasteiger partial charge in [0.1, 0.15) is 5.71 Å². The molecule has 29 heavy (non-hydrogen) atoms. The van der Waals surface area contributed by atoms with Crippen LogP contribution in [-0.2, 0) is 4.79 Å². The van der Waals surface area contributed by atoms with Crippen LogP contribution in [0.25, 0.3) is 0 Å². The molecule has 1 saturated heterocycles. The first-order valence-electron chi connectivity index (χ1n) is 8.83. The lowest BCUT2D eigenvalue weighted by Crippen LogP contribution is -2.38. The molecule has 1 unspecified atom stereocenters. The van der Waals surface area contributed by atoms with Crippen LogP contribution in [-0.4, -0.2) is 53.3 Å². The van der Waals surface area contributed by atoms with Gasteiger partial charge in [-0.2, -0.15) is 5.10 Å². The fourth-order valence-electron chi connectivity index (χ4n) is 2.86. The Hall–Kier alpha value is -3.30. The van der Waals surface area contributed by atoms with Crippen LogP contribution in [0, 0.1) is 0 Å². The van der Waals surface area contributed by atoms with Crippen molar-refractivity contribution in [1.82, 2.24) is 10.4 Å². The van der Waals surface area contributed by atoms with E-state index in [2.05, 4.69) is 15.5 Å². The van der Waals surface area contributed by atoms with Crippen LogP contribution in [0.5, 0.6) is 11.5 Å². The number of hydrazone groups is 1. The van der Waals surface area contributed by atoms with Gasteiger partial charge in [0.15, 0.2) is 11.5 Å². The average Bonchev–Trinajstić information content (AvgIpc) is 2.93. The summed E-state index contributed by atoms with van der Waals surface area (Å²) >= 11 is 5.21. The first-order chi connectivity index (χ1) is 13.9. The molecule has 150 valence electrons. The number of rotatable bonds is 4. The van der Waals surface area contributed by atoms with E-state index in [-0.39, 0.29) is 22.8 Å². The second-order valence-corrected chi connectivity index (χ2v) is 6.69. The van der Waals surface area contributed by atoms with Crippen LogP contribution in [0.2, 0.25) is 0 Å². The average molecular weight is 411 g/mol. The summed E-state index contributed by atoms with van der Waals surface area (Å²) in [4.78, 5) is 17.1. The molecule has 1 heterocycles. The lowest BCUT2D eigenvalue weighted by molar-refractivity contribution is -0.113. The molecular weight excluding hydrogens is 390 g/mol. The summed E-state index contributed by atoms with van der Waals surface area (Å²) in [7, 11) is 3.29. The summed E-state index contributed by atoms with van der Waals surface area (Å²) in [6.45, 7) is 1.88. The number of anilines is 1. The van der Waals surface area contributed by atoms with Gasteiger partial charge in [-0.25, -0.2) is 15.0 Å². The summed E-state index contributed by atoms with van der Waals surface area (Å²) < 4.78 is 5.06. The Bertz CT molecular complexity index is 977. The molecule has 2 N–H and O–H groups in total. The molecule has 0 aliphatic carbocycles. The number of nitrogens with one attached hydrogen (secondary N) is 1. The summed E-state index contributed by atoms with van der Waals surface area (Å²) in [6.07, 6.45) is 1.51. The number of phenolic OH excluding ortho intramolecular Hbond substituents is 1. The maximum atomic E-state index is 12.9. The number of benzene rings is 2. The minimum Gasteiger partial charge on any atom is -0.504 e. The predicted octanol–water partition coefficient (Wildman–Crippen LogP) is 2.33. The highest BCUT2D eigenvalue weighted by Crippen LogP contribution is 2.26. The molecule has 0 aromatic heterocycles. The third-order valence-electron chi connectivity index (χ3n) is 4.48. The summed E-state index contributed by atoms with van der Waals surface area (Å²) in [6, 6.07) is 13.9. The molecule has 8 nitrogen and oxygen atoms in total. The third-order valence-corrected chi connectivity index (χ3v) is 4.67. The Kier molecular flexibility index (Phi) is 6.20. The standard InChI is InChI=1S/C20H21N5O3S/c1-13-18(19(27)25(24(13)2)15-7-5-4-6-8-15)22-20(29)23-21-12-14-9-10-16(26)17(11-14)28-3/h4-13,26H,1-3H3,(H,23,29)/b21-12+,22-18?. The van der Waals surface area contributed by atoms with Gasteiger partial charge < -0.3 is 9.84 Å². The minimum absolute atomic E-state index is 0.0420. The van der Waals surface area contributed by atoms with Crippen molar-refractivity contribution in [2.24, 2.45) is 10.1 Å².